The predicted octanol–water partition coefficient (Wildman–Crippen LogP) is 3.46. The van der Waals surface area contributed by atoms with Gasteiger partial charge in [-0.05, 0) is 38.5 Å². The minimum absolute atomic E-state index is 0.00152. The van der Waals surface area contributed by atoms with E-state index in [0.29, 0.717) is 6.42 Å². The number of halogens is 4. The lowest BCUT2D eigenvalue weighted by Crippen LogP contribution is -2.32. The number of hydrogen-bond acceptors (Lipinski definition) is 2. The Morgan fingerprint density at radius 2 is 1.83 bits per heavy atom. The van der Waals surface area contributed by atoms with Crippen molar-refractivity contribution in [2.24, 2.45) is 11.8 Å². The molecule has 2 unspecified atom stereocenters. The third-order valence-electron chi connectivity index (χ3n) is 3.43. The molecule has 4 nitrogen and oxygen atoms in total. The van der Waals surface area contributed by atoms with Crippen LogP contribution < -0.4 is 10.6 Å². The Morgan fingerprint density at radius 1 is 1.22 bits per heavy atom. The molecule has 2 rings (SSSR count). The molecule has 0 heterocycles. The maximum Gasteiger partial charge on any atom is 0.417 e. The van der Waals surface area contributed by atoms with Gasteiger partial charge in [-0.3, -0.25) is 9.59 Å². The largest absolute Gasteiger partial charge is 0.417 e. The maximum atomic E-state index is 12.8. The average Bonchev–Trinajstić information content (AvgIpc) is 3.19. The highest BCUT2D eigenvalue weighted by atomic mass is 35.5. The first kappa shape index (κ1) is 17.6. The summed E-state index contributed by atoms with van der Waals surface area (Å²) in [7, 11) is 0. The van der Waals surface area contributed by atoms with Gasteiger partial charge in [0.25, 0.3) is 0 Å². The number of amides is 2. The summed E-state index contributed by atoms with van der Waals surface area (Å²) in [5, 5.41) is 4.67. The van der Waals surface area contributed by atoms with Gasteiger partial charge in [0, 0.05) is 11.7 Å². The van der Waals surface area contributed by atoms with Crippen LogP contribution >= 0.6 is 11.6 Å². The Labute approximate surface area is 136 Å². The fourth-order valence-electron chi connectivity index (χ4n) is 2.22. The number of rotatable bonds is 4. The first-order chi connectivity index (χ1) is 10.6. The lowest BCUT2D eigenvalue weighted by atomic mass is 10.2. The van der Waals surface area contributed by atoms with Crippen LogP contribution in [0.2, 0.25) is 5.02 Å². The SMILES string of the molecule is CC(C)NC(=O)C1CC1C(=O)Nc1ccc(Cl)c(C(F)(F)F)c1. The fourth-order valence-corrected chi connectivity index (χ4v) is 2.45. The third kappa shape index (κ3) is 4.37. The molecule has 1 aromatic rings. The number of alkyl halides is 3. The standard InChI is InChI=1S/C15H16ClF3N2O2/c1-7(2)20-13(22)9-6-10(9)14(23)21-8-3-4-12(16)11(5-8)15(17,18)19/h3-5,7,9-10H,6H2,1-2H3,(H,20,22)(H,21,23). The number of nitrogens with one attached hydrogen (secondary N) is 2. The van der Waals surface area contributed by atoms with Crippen molar-refractivity contribution >= 4 is 29.1 Å². The average molecular weight is 349 g/mol. The molecule has 8 heteroatoms. The van der Waals surface area contributed by atoms with Gasteiger partial charge in [-0.2, -0.15) is 13.2 Å². The van der Waals surface area contributed by atoms with E-state index in [1.165, 1.54) is 6.07 Å². The Hall–Kier alpha value is -1.76. The van der Waals surface area contributed by atoms with Gasteiger partial charge in [-0.1, -0.05) is 11.6 Å². The predicted molar refractivity (Wildman–Crippen MR) is 80.0 cm³/mol. The number of carbonyl (C=O) groups excluding carboxylic acids is 2. The first-order valence-electron chi connectivity index (χ1n) is 7.07. The summed E-state index contributed by atoms with van der Waals surface area (Å²) in [5.41, 5.74) is -1.01. The molecule has 0 radical (unpaired) electrons. The van der Waals surface area contributed by atoms with Crippen LogP contribution in [0.5, 0.6) is 0 Å². The van der Waals surface area contributed by atoms with Gasteiger partial charge in [0.2, 0.25) is 11.8 Å². The molecule has 1 aliphatic rings. The Balaban J connectivity index is 2.01. The molecule has 1 fully saturated rings. The zero-order valence-corrected chi connectivity index (χ0v) is 13.3. The quantitative estimate of drug-likeness (QED) is 0.875. The summed E-state index contributed by atoms with van der Waals surface area (Å²) in [4.78, 5) is 23.8. The number of anilines is 1. The van der Waals surface area contributed by atoms with Gasteiger partial charge in [-0.15, -0.1) is 0 Å². The topological polar surface area (TPSA) is 58.2 Å². The molecule has 1 saturated carbocycles. The molecule has 23 heavy (non-hydrogen) atoms. The minimum atomic E-state index is -4.60. The Morgan fingerprint density at radius 3 is 2.39 bits per heavy atom. The van der Waals surface area contributed by atoms with Crippen LogP contribution in [-0.4, -0.2) is 17.9 Å². The second kappa shape index (κ2) is 6.39. The minimum Gasteiger partial charge on any atom is -0.354 e. The van der Waals surface area contributed by atoms with Crippen molar-refractivity contribution in [3.63, 3.8) is 0 Å². The molecular formula is C15H16ClF3N2O2. The lowest BCUT2D eigenvalue weighted by Gasteiger charge is -2.12. The van der Waals surface area contributed by atoms with Crippen molar-refractivity contribution in [3.8, 4) is 0 Å². The molecule has 1 aliphatic carbocycles. The molecule has 0 aliphatic heterocycles. The summed E-state index contributed by atoms with van der Waals surface area (Å²) in [5.74, 6) is -1.62. The summed E-state index contributed by atoms with van der Waals surface area (Å²) < 4.78 is 38.3. The van der Waals surface area contributed by atoms with Gasteiger partial charge in [0.05, 0.1) is 22.4 Å². The van der Waals surface area contributed by atoms with Crippen molar-refractivity contribution in [1.29, 1.82) is 0 Å². The molecule has 0 bridgehead atoms. The summed E-state index contributed by atoms with van der Waals surface area (Å²) in [6.07, 6.45) is -4.21. The van der Waals surface area contributed by atoms with Crippen LogP contribution in [0.25, 0.3) is 0 Å². The second-order valence-electron chi connectivity index (χ2n) is 5.79. The zero-order chi connectivity index (χ0) is 17.4. The molecule has 0 aromatic heterocycles. The molecule has 0 saturated heterocycles. The molecule has 2 amide bonds. The monoisotopic (exact) mass is 348 g/mol. The molecule has 2 atom stereocenters. The van der Waals surface area contributed by atoms with Crippen LogP contribution in [0.15, 0.2) is 18.2 Å². The van der Waals surface area contributed by atoms with Crippen molar-refractivity contribution in [3.05, 3.63) is 28.8 Å². The van der Waals surface area contributed by atoms with Crippen LogP contribution in [0.4, 0.5) is 18.9 Å². The smallest absolute Gasteiger partial charge is 0.354 e. The number of benzene rings is 1. The summed E-state index contributed by atoms with van der Waals surface area (Å²) in [6, 6.07) is 3.13. The van der Waals surface area contributed by atoms with Crippen LogP contribution in [-0.2, 0) is 15.8 Å². The van der Waals surface area contributed by atoms with Crippen molar-refractivity contribution < 1.29 is 22.8 Å². The van der Waals surface area contributed by atoms with Crippen LogP contribution in [0, 0.1) is 11.8 Å². The maximum absolute atomic E-state index is 12.8. The van der Waals surface area contributed by atoms with Crippen molar-refractivity contribution in [1.82, 2.24) is 5.32 Å². The molecular weight excluding hydrogens is 333 g/mol. The Kier molecular flexibility index (Phi) is 4.89. The van der Waals surface area contributed by atoms with E-state index < -0.39 is 34.5 Å². The Bertz CT molecular complexity index is 632. The van der Waals surface area contributed by atoms with Gasteiger partial charge in [-0.25, -0.2) is 0 Å². The summed E-state index contributed by atoms with van der Waals surface area (Å²) in [6.45, 7) is 3.61. The number of carbonyl (C=O) groups is 2. The third-order valence-corrected chi connectivity index (χ3v) is 3.76. The normalized spacial score (nSPS) is 20.3. The van der Waals surface area contributed by atoms with Crippen LogP contribution in [0.3, 0.4) is 0 Å². The first-order valence-corrected chi connectivity index (χ1v) is 7.45. The van der Waals surface area contributed by atoms with E-state index in [9.17, 15) is 22.8 Å². The van der Waals surface area contributed by atoms with Gasteiger partial charge in [0.1, 0.15) is 0 Å². The highest BCUT2D eigenvalue weighted by Crippen LogP contribution is 2.40. The van der Waals surface area contributed by atoms with Crippen molar-refractivity contribution in [2.75, 3.05) is 5.32 Å². The lowest BCUT2D eigenvalue weighted by molar-refractivity contribution is -0.137. The van der Waals surface area contributed by atoms with E-state index in [0.717, 1.165) is 12.1 Å². The fraction of sp³-hybridized carbons (Fsp3) is 0.467. The van der Waals surface area contributed by atoms with E-state index in [1.54, 1.807) is 0 Å². The molecule has 1 aromatic carbocycles. The second-order valence-corrected chi connectivity index (χ2v) is 6.20. The van der Waals surface area contributed by atoms with E-state index >= 15 is 0 Å². The summed E-state index contributed by atoms with van der Waals surface area (Å²) >= 11 is 5.52. The van der Waals surface area contributed by atoms with E-state index in [4.69, 9.17) is 11.6 Å². The van der Waals surface area contributed by atoms with E-state index in [-0.39, 0.29) is 17.6 Å². The number of hydrogen-bond donors (Lipinski definition) is 2. The van der Waals surface area contributed by atoms with Gasteiger partial charge in [0.15, 0.2) is 0 Å². The molecule has 2 N–H and O–H groups in total. The highest BCUT2D eigenvalue weighted by molar-refractivity contribution is 6.31. The van der Waals surface area contributed by atoms with Gasteiger partial charge >= 0.3 is 6.18 Å². The van der Waals surface area contributed by atoms with Crippen molar-refractivity contribution in [2.45, 2.75) is 32.5 Å². The molecule has 0 spiro atoms. The van der Waals surface area contributed by atoms with E-state index in [2.05, 4.69) is 10.6 Å². The zero-order valence-electron chi connectivity index (χ0n) is 12.5. The van der Waals surface area contributed by atoms with Crippen LogP contribution in [0.1, 0.15) is 25.8 Å². The van der Waals surface area contributed by atoms with E-state index in [1.807, 2.05) is 13.8 Å². The molecule has 126 valence electrons. The van der Waals surface area contributed by atoms with Gasteiger partial charge < -0.3 is 10.6 Å². The highest BCUT2D eigenvalue weighted by Gasteiger charge is 2.48.